The predicted molar refractivity (Wildman–Crippen MR) is 83.3 cm³/mol. The summed E-state index contributed by atoms with van der Waals surface area (Å²) in [5, 5.41) is 0. The summed E-state index contributed by atoms with van der Waals surface area (Å²) in [4.78, 5) is 24.5. The van der Waals surface area contributed by atoms with E-state index < -0.39 is 0 Å². The van der Waals surface area contributed by atoms with Crippen LogP contribution in [-0.2, 0) is 9.53 Å². The summed E-state index contributed by atoms with van der Waals surface area (Å²) in [6.45, 7) is 7.30. The predicted octanol–water partition coefficient (Wildman–Crippen LogP) is 1.43. The Morgan fingerprint density at radius 1 is 1.50 bits per heavy atom. The number of hydrogen-bond donors (Lipinski definition) is 1. The lowest BCUT2D eigenvalue weighted by atomic mass is 10.0. The maximum atomic E-state index is 12.5. The second-order valence-corrected chi connectivity index (χ2v) is 6.23. The van der Waals surface area contributed by atoms with Crippen molar-refractivity contribution in [3.8, 4) is 0 Å². The molecular weight excluding hydrogens is 280 g/mol. The minimum Gasteiger partial charge on any atom is -0.381 e. The topological polar surface area (TPSA) is 61.5 Å². The van der Waals surface area contributed by atoms with Crippen molar-refractivity contribution in [2.75, 3.05) is 39.4 Å². The molecule has 2 aliphatic rings. The van der Waals surface area contributed by atoms with Gasteiger partial charge in [-0.2, -0.15) is 0 Å². The number of aromatic nitrogens is 2. The Morgan fingerprint density at radius 3 is 3.09 bits per heavy atom. The number of aromatic amines is 1. The Hall–Kier alpha value is -1.40. The van der Waals surface area contributed by atoms with Gasteiger partial charge in [0.1, 0.15) is 5.82 Å². The second kappa shape index (κ2) is 7.24. The average molecular weight is 306 g/mol. The third kappa shape index (κ3) is 3.50. The average Bonchev–Trinajstić information content (AvgIpc) is 3.25. The third-order valence-corrected chi connectivity index (χ3v) is 4.88. The smallest absolute Gasteiger partial charge is 0.222 e. The van der Waals surface area contributed by atoms with E-state index in [2.05, 4.69) is 21.8 Å². The van der Waals surface area contributed by atoms with Crippen LogP contribution >= 0.6 is 0 Å². The molecule has 122 valence electrons. The van der Waals surface area contributed by atoms with Gasteiger partial charge in [-0.25, -0.2) is 4.98 Å². The van der Waals surface area contributed by atoms with Gasteiger partial charge in [0.05, 0.1) is 6.04 Å². The van der Waals surface area contributed by atoms with Gasteiger partial charge in [0, 0.05) is 51.7 Å². The molecule has 0 aromatic carbocycles. The summed E-state index contributed by atoms with van der Waals surface area (Å²) >= 11 is 0. The van der Waals surface area contributed by atoms with E-state index in [4.69, 9.17) is 4.74 Å². The van der Waals surface area contributed by atoms with Crippen molar-refractivity contribution in [2.45, 2.75) is 32.2 Å². The highest BCUT2D eigenvalue weighted by Gasteiger charge is 2.31. The summed E-state index contributed by atoms with van der Waals surface area (Å²) in [5.74, 6) is 1.81. The number of imidazole rings is 1. The lowest BCUT2D eigenvalue weighted by Gasteiger charge is -2.40. The Labute approximate surface area is 131 Å². The van der Waals surface area contributed by atoms with Crippen LogP contribution in [0.25, 0.3) is 0 Å². The van der Waals surface area contributed by atoms with Crippen molar-refractivity contribution < 1.29 is 9.53 Å². The van der Waals surface area contributed by atoms with Crippen LogP contribution in [0.1, 0.15) is 38.1 Å². The number of amides is 1. The first kappa shape index (κ1) is 15.5. The quantitative estimate of drug-likeness (QED) is 0.894. The molecule has 3 heterocycles. The minimum absolute atomic E-state index is 0.188. The molecule has 1 N–H and O–H groups in total. The van der Waals surface area contributed by atoms with E-state index in [1.165, 1.54) is 0 Å². The fourth-order valence-corrected chi connectivity index (χ4v) is 3.44. The number of rotatable bonds is 5. The molecule has 0 bridgehead atoms. The largest absolute Gasteiger partial charge is 0.381 e. The molecule has 2 saturated heterocycles. The van der Waals surface area contributed by atoms with Gasteiger partial charge in [-0.15, -0.1) is 0 Å². The van der Waals surface area contributed by atoms with E-state index in [1.807, 2.05) is 11.1 Å². The van der Waals surface area contributed by atoms with E-state index in [-0.39, 0.29) is 11.9 Å². The first-order valence-corrected chi connectivity index (χ1v) is 8.36. The molecule has 0 spiro atoms. The molecular formula is C16H26N4O2. The van der Waals surface area contributed by atoms with Crippen LogP contribution in [0.3, 0.4) is 0 Å². The first-order valence-electron chi connectivity index (χ1n) is 8.36. The molecule has 1 aromatic heterocycles. The molecule has 0 aliphatic carbocycles. The van der Waals surface area contributed by atoms with Gasteiger partial charge in [0.15, 0.2) is 0 Å². The highest BCUT2D eigenvalue weighted by atomic mass is 16.5. The van der Waals surface area contributed by atoms with Gasteiger partial charge in [-0.3, -0.25) is 9.69 Å². The molecule has 6 heteroatoms. The van der Waals surface area contributed by atoms with Crippen LogP contribution in [0.5, 0.6) is 0 Å². The summed E-state index contributed by atoms with van der Waals surface area (Å²) in [5.41, 5.74) is 0. The number of nitrogens with zero attached hydrogens (tertiary/aromatic N) is 3. The van der Waals surface area contributed by atoms with Gasteiger partial charge in [-0.1, -0.05) is 6.92 Å². The van der Waals surface area contributed by atoms with Crippen molar-refractivity contribution in [3.05, 3.63) is 18.2 Å². The Kier molecular flexibility index (Phi) is 5.10. The normalized spacial score (nSPS) is 26.5. The first-order chi connectivity index (χ1) is 10.8. The maximum absolute atomic E-state index is 12.5. The Bertz CT molecular complexity index is 471. The number of hydrogen-bond acceptors (Lipinski definition) is 4. The van der Waals surface area contributed by atoms with Crippen LogP contribution in [0.4, 0.5) is 0 Å². The molecule has 2 atom stereocenters. The molecule has 1 aromatic rings. The number of likely N-dealkylation sites (N-methyl/N-ethyl adjacent to an activating group) is 1. The van der Waals surface area contributed by atoms with Crippen molar-refractivity contribution in [3.63, 3.8) is 0 Å². The van der Waals surface area contributed by atoms with Crippen molar-refractivity contribution in [1.82, 2.24) is 19.8 Å². The van der Waals surface area contributed by atoms with Crippen LogP contribution < -0.4 is 0 Å². The number of H-pyrrole nitrogens is 1. The van der Waals surface area contributed by atoms with Crippen LogP contribution in [0.2, 0.25) is 0 Å². The standard InChI is InChI=1S/C16H26N4O2/c1-2-19-8-9-20(11-14(19)16-17-6-7-18-16)15(21)4-3-13-5-10-22-12-13/h6-7,13-14H,2-5,8-12H2,1H3,(H,17,18). The van der Waals surface area contributed by atoms with Crippen LogP contribution in [0, 0.1) is 5.92 Å². The van der Waals surface area contributed by atoms with Gasteiger partial charge in [-0.05, 0) is 25.3 Å². The number of ether oxygens (including phenoxy) is 1. The number of carbonyl (C=O) groups excluding carboxylic acids is 1. The lowest BCUT2D eigenvalue weighted by Crippen LogP contribution is -2.50. The molecule has 2 aliphatic heterocycles. The maximum Gasteiger partial charge on any atom is 0.222 e. The van der Waals surface area contributed by atoms with Crippen LogP contribution in [0.15, 0.2) is 12.4 Å². The highest BCUT2D eigenvalue weighted by Crippen LogP contribution is 2.24. The summed E-state index contributed by atoms with van der Waals surface area (Å²) in [6.07, 6.45) is 6.34. The zero-order valence-electron chi connectivity index (χ0n) is 13.3. The molecule has 3 rings (SSSR count). The number of nitrogens with one attached hydrogen (secondary N) is 1. The third-order valence-electron chi connectivity index (χ3n) is 4.88. The lowest BCUT2D eigenvalue weighted by molar-refractivity contribution is -0.134. The van der Waals surface area contributed by atoms with Crippen molar-refractivity contribution >= 4 is 5.91 Å². The molecule has 6 nitrogen and oxygen atoms in total. The fourth-order valence-electron chi connectivity index (χ4n) is 3.44. The van der Waals surface area contributed by atoms with E-state index >= 15 is 0 Å². The Balaban J connectivity index is 1.56. The molecule has 2 unspecified atom stereocenters. The van der Waals surface area contributed by atoms with E-state index in [0.29, 0.717) is 12.3 Å². The van der Waals surface area contributed by atoms with Crippen molar-refractivity contribution in [1.29, 1.82) is 0 Å². The molecule has 2 fully saturated rings. The van der Waals surface area contributed by atoms with Gasteiger partial charge >= 0.3 is 0 Å². The van der Waals surface area contributed by atoms with E-state index in [0.717, 1.165) is 58.1 Å². The number of piperazine rings is 1. The SMILES string of the molecule is CCN1CCN(C(=O)CCC2CCOC2)CC1c1ncc[nH]1. The van der Waals surface area contributed by atoms with Crippen molar-refractivity contribution in [2.24, 2.45) is 5.92 Å². The molecule has 22 heavy (non-hydrogen) atoms. The van der Waals surface area contributed by atoms with E-state index in [9.17, 15) is 4.79 Å². The van der Waals surface area contributed by atoms with Crippen LogP contribution in [-0.4, -0.2) is 65.1 Å². The van der Waals surface area contributed by atoms with Gasteiger partial charge in [0.2, 0.25) is 5.91 Å². The van der Waals surface area contributed by atoms with E-state index in [1.54, 1.807) is 6.20 Å². The minimum atomic E-state index is 0.188. The summed E-state index contributed by atoms with van der Waals surface area (Å²) in [6, 6.07) is 0.188. The molecule has 0 radical (unpaired) electrons. The molecule has 1 amide bonds. The fraction of sp³-hybridized carbons (Fsp3) is 0.750. The zero-order valence-corrected chi connectivity index (χ0v) is 13.3. The summed E-state index contributed by atoms with van der Waals surface area (Å²) in [7, 11) is 0. The Morgan fingerprint density at radius 2 is 2.41 bits per heavy atom. The van der Waals surface area contributed by atoms with Gasteiger partial charge in [0.25, 0.3) is 0 Å². The second-order valence-electron chi connectivity index (χ2n) is 6.23. The molecule has 0 saturated carbocycles. The summed E-state index contributed by atoms with van der Waals surface area (Å²) < 4.78 is 5.39. The monoisotopic (exact) mass is 306 g/mol. The highest BCUT2D eigenvalue weighted by molar-refractivity contribution is 5.76. The number of carbonyl (C=O) groups is 1. The zero-order chi connectivity index (χ0) is 15.4. The van der Waals surface area contributed by atoms with Gasteiger partial charge < -0.3 is 14.6 Å².